The summed E-state index contributed by atoms with van der Waals surface area (Å²) in [6.45, 7) is 2.00. The quantitative estimate of drug-likeness (QED) is 0.292. The summed E-state index contributed by atoms with van der Waals surface area (Å²) < 4.78 is 0. The minimum Gasteiger partial charge on any atom is -0.409 e. The zero-order chi connectivity index (χ0) is 18.5. The van der Waals surface area contributed by atoms with Crippen LogP contribution in [-0.2, 0) is 0 Å². The molecule has 26 heavy (non-hydrogen) atoms. The molecule has 0 saturated carbocycles. The van der Waals surface area contributed by atoms with Crippen LogP contribution in [0.15, 0.2) is 72.0 Å². The molecule has 0 fully saturated rings. The second-order valence-electron chi connectivity index (χ2n) is 5.76. The number of pyridine rings is 1. The summed E-state index contributed by atoms with van der Waals surface area (Å²) in [6.07, 6.45) is 1.74. The molecule has 1 amide bonds. The summed E-state index contributed by atoms with van der Waals surface area (Å²) in [5, 5.41) is 14.5. The first kappa shape index (κ1) is 17.2. The van der Waals surface area contributed by atoms with Crippen molar-refractivity contribution < 1.29 is 10.0 Å². The molecule has 0 aliphatic rings. The molecule has 0 bridgehead atoms. The van der Waals surface area contributed by atoms with E-state index in [4.69, 9.17) is 10.9 Å². The summed E-state index contributed by atoms with van der Waals surface area (Å²) in [4.78, 5) is 16.8. The van der Waals surface area contributed by atoms with Gasteiger partial charge in [-0.2, -0.15) is 0 Å². The third kappa shape index (κ3) is 3.70. The third-order valence-electron chi connectivity index (χ3n) is 3.99. The standard InChI is InChI=1S/C20H18N4O2/c1-13-5-10-16(12-17(13)18-4-2-3-11-22-18)23-20(25)15-8-6-14(7-9-15)19(21)24-26/h2-12,26H,1H3,(H2,21,24)(H,23,25). The number of benzene rings is 2. The molecule has 130 valence electrons. The van der Waals surface area contributed by atoms with Crippen molar-refractivity contribution in [1.82, 2.24) is 4.98 Å². The lowest BCUT2D eigenvalue weighted by molar-refractivity contribution is 0.102. The molecule has 0 spiro atoms. The zero-order valence-electron chi connectivity index (χ0n) is 14.2. The van der Waals surface area contributed by atoms with E-state index in [9.17, 15) is 4.79 Å². The van der Waals surface area contributed by atoms with E-state index in [0.717, 1.165) is 16.8 Å². The fourth-order valence-electron chi connectivity index (χ4n) is 2.55. The molecule has 3 aromatic rings. The Balaban J connectivity index is 1.82. The molecule has 0 saturated heterocycles. The zero-order valence-corrected chi connectivity index (χ0v) is 14.2. The molecule has 3 rings (SSSR count). The van der Waals surface area contributed by atoms with Crippen molar-refractivity contribution in [3.63, 3.8) is 0 Å². The van der Waals surface area contributed by atoms with Crippen LogP contribution in [0, 0.1) is 6.92 Å². The minimum absolute atomic E-state index is 0.00417. The number of nitrogens with two attached hydrogens (primary N) is 1. The molecule has 6 nitrogen and oxygen atoms in total. The SMILES string of the molecule is Cc1ccc(NC(=O)c2ccc(C(N)=NO)cc2)cc1-c1ccccn1. The predicted octanol–water partition coefficient (Wildman–Crippen LogP) is 3.40. The van der Waals surface area contributed by atoms with Gasteiger partial charge in [0.15, 0.2) is 5.84 Å². The number of amides is 1. The van der Waals surface area contributed by atoms with Gasteiger partial charge < -0.3 is 16.3 Å². The first-order valence-corrected chi connectivity index (χ1v) is 8.00. The van der Waals surface area contributed by atoms with Gasteiger partial charge >= 0.3 is 0 Å². The van der Waals surface area contributed by atoms with Gasteiger partial charge in [-0.05, 0) is 48.9 Å². The van der Waals surface area contributed by atoms with Crippen molar-refractivity contribution in [3.05, 3.63) is 83.6 Å². The number of anilines is 1. The van der Waals surface area contributed by atoms with Crippen molar-refractivity contribution >= 4 is 17.4 Å². The summed E-state index contributed by atoms with van der Waals surface area (Å²) in [5.41, 5.74) is 10.1. The minimum atomic E-state index is -0.244. The molecule has 0 aliphatic carbocycles. The molecule has 0 atom stereocenters. The van der Waals surface area contributed by atoms with Crippen LogP contribution in [0.1, 0.15) is 21.5 Å². The Hall–Kier alpha value is -3.67. The average molecular weight is 346 g/mol. The highest BCUT2D eigenvalue weighted by molar-refractivity contribution is 6.05. The number of hydrogen-bond donors (Lipinski definition) is 3. The second-order valence-corrected chi connectivity index (χ2v) is 5.76. The maximum absolute atomic E-state index is 12.5. The topological polar surface area (TPSA) is 101 Å². The monoisotopic (exact) mass is 346 g/mol. The Morgan fingerprint density at radius 2 is 1.81 bits per heavy atom. The number of carbonyl (C=O) groups is 1. The van der Waals surface area contributed by atoms with Gasteiger partial charge in [-0.15, -0.1) is 0 Å². The van der Waals surface area contributed by atoms with Gasteiger partial charge in [0.2, 0.25) is 0 Å². The van der Waals surface area contributed by atoms with E-state index in [0.29, 0.717) is 16.8 Å². The van der Waals surface area contributed by atoms with E-state index in [1.807, 2.05) is 43.3 Å². The normalized spacial score (nSPS) is 11.2. The van der Waals surface area contributed by atoms with Crippen LogP contribution in [0.4, 0.5) is 5.69 Å². The van der Waals surface area contributed by atoms with Crippen molar-refractivity contribution in [2.75, 3.05) is 5.32 Å². The number of nitrogens with zero attached hydrogens (tertiary/aromatic N) is 2. The summed E-state index contributed by atoms with van der Waals surface area (Å²) >= 11 is 0. The van der Waals surface area contributed by atoms with Crippen LogP contribution in [0.25, 0.3) is 11.3 Å². The number of aromatic nitrogens is 1. The van der Waals surface area contributed by atoms with Crippen LogP contribution < -0.4 is 11.1 Å². The highest BCUT2D eigenvalue weighted by atomic mass is 16.4. The Kier molecular flexibility index (Phi) is 4.94. The lowest BCUT2D eigenvalue weighted by atomic mass is 10.0. The number of oxime groups is 1. The number of carbonyl (C=O) groups excluding carboxylic acids is 1. The highest BCUT2D eigenvalue weighted by Gasteiger charge is 2.09. The van der Waals surface area contributed by atoms with Crippen molar-refractivity contribution in [2.45, 2.75) is 6.92 Å². The van der Waals surface area contributed by atoms with Crippen LogP contribution in [0.3, 0.4) is 0 Å². The van der Waals surface area contributed by atoms with E-state index in [2.05, 4.69) is 15.5 Å². The van der Waals surface area contributed by atoms with Crippen LogP contribution in [0.2, 0.25) is 0 Å². The molecule has 1 aromatic heterocycles. The van der Waals surface area contributed by atoms with Gasteiger partial charge in [0, 0.05) is 28.6 Å². The smallest absolute Gasteiger partial charge is 0.255 e. The van der Waals surface area contributed by atoms with Crippen molar-refractivity contribution in [3.8, 4) is 11.3 Å². The molecule has 6 heteroatoms. The summed E-state index contributed by atoms with van der Waals surface area (Å²) in [5.74, 6) is -0.248. The molecule has 4 N–H and O–H groups in total. The van der Waals surface area contributed by atoms with Crippen molar-refractivity contribution in [2.24, 2.45) is 10.9 Å². The lowest BCUT2D eigenvalue weighted by Crippen LogP contribution is -2.15. The Labute approximate surface area is 151 Å². The van der Waals surface area contributed by atoms with E-state index >= 15 is 0 Å². The fraction of sp³-hybridized carbons (Fsp3) is 0.0500. The number of nitrogens with one attached hydrogen (secondary N) is 1. The summed E-state index contributed by atoms with van der Waals surface area (Å²) in [7, 11) is 0. The first-order chi connectivity index (χ1) is 12.6. The lowest BCUT2D eigenvalue weighted by Gasteiger charge is -2.10. The first-order valence-electron chi connectivity index (χ1n) is 8.00. The number of rotatable bonds is 4. The third-order valence-corrected chi connectivity index (χ3v) is 3.99. The fourth-order valence-corrected chi connectivity index (χ4v) is 2.55. The Bertz CT molecular complexity index is 951. The van der Waals surface area contributed by atoms with E-state index in [1.165, 1.54) is 0 Å². The molecule has 2 aromatic carbocycles. The van der Waals surface area contributed by atoms with E-state index < -0.39 is 0 Å². The molecule has 1 heterocycles. The molecule has 0 radical (unpaired) electrons. The molecular formula is C20H18N4O2. The van der Waals surface area contributed by atoms with Gasteiger partial charge in [-0.25, -0.2) is 0 Å². The largest absolute Gasteiger partial charge is 0.409 e. The molecule has 0 unspecified atom stereocenters. The van der Waals surface area contributed by atoms with Gasteiger partial charge in [0.1, 0.15) is 0 Å². The van der Waals surface area contributed by atoms with E-state index in [-0.39, 0.29) is 11.7 Å². The van der Waals surface area contributed by atoms with E-state index in [1.54, 1.807) is 30.5 Å². The Morgan fingerprint density at radius 1 is 1.08 bits per heavy atom. The summed E-state index contributed by atoms with van der Waals surface area (Å²) in [6, 6.07) is 17.9. The van der Waals surface area contributed by atoms with Gasteiger partial charge in [0.25, 0.3) is 5.91 Å². The number of aryl methyl sites for hydroxylation is 1. The van der Waals surface area contributed by atoms with Crippen LogP contribution in [0.5, 0.6) is 0 Å². The van der Waals surface area contributed by atoms with Gasteiger partial charge in [-0.1, -0.05) is 29.4 Å². The van der Waals surface area contributed by atoms with Crippen molar-refractivity contribution in [1.29, 1.82) is 0 Å². The average Bonchev–Trinajstić information content (AvgIpc) is 2.69. The maximum atomic E-state index is 12.5. The Morgan fingerprint density at radius 3 is 2.46 bits per heavy atom. The predicted molar refractivity (Wildman–Crippen MR) is 101 cm³/mol. The maximum Gasteiger partial charge on any atom is 0.255 e. The highest BCUT2D eigenvalue weighted by Crippen LogP contribution is 2.25. The van der Waals surface area contributed by atoms with Crippen LogP contribution in [-0.4, -0.2) is 21.9 Å². The van der Waals surface area contributed by atoms with Gasteiger partial charge in [0.05, 0.1) is 5.69 Å². The number of amidine groups is 1. The van der Waals surface area contributed by atoms with Crippen LogP contribution >= 0.6 is 0 Å². The number of hydrogen-bond acceptors (Lipinski definition) is 4. The molecule has 0 aliphatic heterocycles. The second kappa shape index (κ2) is 7.48. The van der Waals surface area contributed by atoms with Gasteiger partial charge in [-0.3, -0.25) is 9.78 Å². The molecular weight excluding hydrogens is 328 g/mol.